The van der Waals surface area contributed by atoms with Crippen molar-refractivity contribution in [2.24, 2.45) is 17.8 Å². The van der Waals surface area contributed by atoms with Crippen LogP contribution in [-0.4, -0.2) is 96.7 Å². The number of unbranched alkanes of at least 4 members (excludes halogenated alkanes) is 46. The van der Waals surface area contributed by atoms with Gasteiger partial charge in [-0.1, -0.05) is 376 Å². The summed E-state index contributed by atoms with van der Waals surface area (Å²) in [4.78, 5) is 73.0. The number of aliphatic hydroxyl groups is 1. The molecular formula is C82H160O17P2. The van der Waals surface area contributed by atoms with E-state index in [1.807, 2.05) is 0 Å². The molecule has 0 aliphatic rings. The lowest BCUT2D eigenvalue weighted by Gasteiger charge is -2.21. The smallest absolute Gasteiger partial charge is 0.462 e. The van der Waals surface area contributed by atoms with Crippen molar-refractivity contribution in [3.8, 4) is 0 Å². The van der Waals surface area contributed by atoms with E-state index in [1.54, 1.807) is 0 Å². The van der Waals surface area contributed by atoms with Crippen molar-refractivity contribution < 1.29 is 80.2 Å². The first-order valence-corrected chi connectivity index (χ1v) is 45.4. The van der Waals surface area contributed by atoms with E-state index in [0.717, 1.165) is 114 Å². The van der Waals surface area contributed by atoms with E-state index in [2.05, 4.69) is 48.5 Å². The maximum absolute atomic E-state index is 13.1. The van der Waals surface area contributed by atoms with E-state index in [9.17, 15) is 43.2 Å². The molecule has 0 saturated heterocycles. The number of phosphoric ester groups is 2. The molecule has 0 aromatic carbocycles. The van der Waals surface area contributed by atoms with Gasteiger partial charge in [0, 0.05) is 25.7 Å². The van der Waals surface area contributed by atoms with Crippen LogP contribution in [0, 0.1) is 17.8 Å². The van der Waals surface area contributed by atoms with Gasteiger partial charge in [0.25, 0.3) is 0 Å². The van der Waals surface area contributed by atoms with Gasteiger partial charge in [0.15, 0.2) is 12.2 Å². The lowest BCUT2D eigenvalue weighted by molar-refractivity contribution is -0.161. The zero-order valence-electron chi connectivity index (χ0n) is 66.4. The van der Waals surface area contributed by atoms with Crippen LogP contribution >= 0.6 is 15.6 Å². The quantitative estimate of drug-likeness (QED) is 0.0222. The Morgan fingerprint density at radius 3 is 0.752 bits per heavy atom. The molecule has 4 unspecified atom stereocenters. The fraction of sp³-hybridized carbons (Fsp3) is 0.951. The lowest BCUT2D eigenvalue weighted by atomic mass is 9.99. The fourth-order valence-electron chi connectivity index (χ4n) is 12.6. The van der Waals surface area contributed by atoms with Gasteiger partial charge in [-0.2, -0.15) is 0 Å². The first-order valence-electron chi connectivity index (χ1n) is 42.4. The number of esters is 4. The van der Waals surface area contributed by atoms with Crippen molar-refractivity contribution in [1.82, 2.24) is 0 Å². The highest BCUT2D eigenvalue weighted by molar-refractivity contribution is 7.47. The third-order valence-electron chi connectivity index (χ3n) is 19.9. The molecule has 0 radical (unpaired) electrons. The number of hydrogen-bond donors (Lipinski definition) is 3. The second kappa shape index (κ2) is 72.3. The van der Waals surface area contributed by atoms with Gasteiger partial charge in [-0.05, 0) is 43.4 Å². The van der Waals surface area contributed by atoms with Crippen LogP contribution in [0.1, 0.15) is 427 Å². The Morgan fingerprint density at radius 2 is 0.505 bits per heavy atom. The number of rotatable bonds is 80. The summed E-state index contributed by atoms with van der Waals surface area (Å²) in [5.74, 6) is 0.206. The Kier molecular flexibility index (Phi) is 70.9. The first kappa shape index (κ1) is 99.1. The Bertz CT molecular complexity index is 1960. The van der Waals surface area contributed by atoms with Crippen molar-refractivity contribution in [2.45, 2.75) is 446 Å². The van der Waals surface area contributed by atoms with Crippen LogP contribution in [0.25, 0.3) is 0 Å². The van der Waals surface area contributed by atoms with Gasteiger partial charge in [0.1, 0.15) is 19.3 Å². The molecule has 0 amide bonds. The third kappa shape index (κ3) is 73.4. The largest absolute Gasteiger partial charge is 0.472 e. The van der Waals surface area contributed by atoms with Gasteiger partial charge < -0.3 is 33.8 Å². The number of carbonyl (C=O) groups excluding carboxylic acids is 4. The Balaban J connectivity index is 5.20. The van der Waals surface area contributed by atoms with Crippen LogP contribution in [0.5, 0.6) is 0 Å². The highest BCUT2D eigenvalue weighted by atomic mass is 31.2. The minimum absolute atomic E-state index is 0.104. The molecule has 101 heavy (non-hydrogen) atoms. The van der Waals surface area contributed by atoms with Crippen LogP contribution in [0.4, 0.5) is 0 Å². The molecule has 0 fully saturated rings. The van der Waals surface area contributed by atoms with E-state index >= 15 is 0 Å². The van der Waals surface area contributed by atoms with E-state index in [4.69, 9.17) is 37.0 Å². The van der Waals surface area contributed by atoms with Crippen molar-refractivity contribution in [2.75, 3.05) is 39.6 Å². The summed E-state index contributed by atoms with van der Waals surface area (Å²) in [7, 11) is -9.92. The zero-order valence-corrected chi connectivity index (χ0v) is 68.2. The molecular weight excluding hydrogens is 1320 g/mol. The van der Waals surface area contributed by atoms with Crippen LogP contribution < -0.4 is 0 Å². The number of ether oxygens (including phenoxy) is 4. The molecule has 0 bridgehead atoms. The van der Waals surface area contributed by atoms with E-state index in [0.29, 0.717) is 25.7 Å². The van der Waals surface area contributed by atoms with Crippen LogP contribution in [0.2, 0.25) is 0 Å². The third-order valence-corrected chi connectivity index (χ3v) is 21.8. The Morgan fingerprint density at radius 1 is 0.287 bits per heavy atom. The first-order chi connectivity index (χ1) is 48.8. The summed E-state index contributed by atoms with van der Waals surface area (Å²) in [6, 6.07) is 0. The summed E-state index contributed by atoms with van der Waals surface area (Å²) >= 11 is 0. The number of aliphatic hydroxyl groups excluding tert-OH is 1. The molecule has 3 N–H and O–H groups in total. The average Bonchev–Trinajstić information content (AvgIpc) is 1.08. The molecule has 0 heterocycles. The SMILES string of the molecule is CCCCCCCCCCCCCCCCCCCCC(=O)OC[C@H](COP(=O)(O)OC[C@@H](O)COP(=O)(O)OC[C@@H](COC(=O)CCCCCCCCC(C)CC)OC(=O)CCCCCCCCCCC(C)C)OC(=O)CCCCCCCCCCCCCCCCCCCCC(C)CC. The second-order valence-electron chi connectivity index (χ2n) is 30.5. The summed E-state index contributed by atoms with van der Waals surface area (Å²) in [5, 5.41) is 10.6. The topological polar surface area (TPSA) is 237 Å². The maximum atomic E-state index is 13.1. The minimum Gasteiger partial charge on any atom is -0.462 e. The summed E-state index contributed by atoms with van der Waals surface area (Å²) in [6.45, 7) is 11.9. The van der Waals surface area contributed by atoms with Crippen LogP contribution in [0.15, 0.2) is 0 Å². The van der Waals surface area contributed by atoms with Crippen molar-refractivity contribution >= 4 is 39.5 Å². The lowest BCUT2D eigenvalue weighted by Crippen LogP contribution is -2.30. The van der Waals surface area contributed by atoms with E-state index in [1.165, 1.54) is 231 Å². The van der Waals surface area contributed by atoms with E-state index < -0.39 is 97.5 Å². The standard InChI is InChI=1S/C82H160O17P2/c1-8-11-12-13-14-15-16-17-18-19-23-26-29-32-35-41-49-56-63-79(84)92-69-77(98-81(86)65-58-51-42-36-33-30-27-24-21-20-22-25-28-31-34-40-47-54-61-74(6)9-2)71-96-100(88,89)94-67-76(83)68-95-101(90,91)97-72-78(70-93-80(85)64-57-50-45-44-48-55-62-75(7)10-3)99-82(87)66-59-52-43-38-37-39-46-53-60-73(4)5/h73-78,83H,8-72H2,1-7H3,(H,88,89)(H,90,91)/t74?,75?,76-,77-,78-/m1/s1. The number of hydrogen-bond acceptors (Lipinski definition) is 15. The molecule has 600 valence electrons. The maximum Gasteiger partial charge on any atom is 0.472 e. The van der Waals surface area contributed by atoms with Gasteiger partial charge in [-0.25, -0.2) is 9.13 Å². The predicted octanol–water partition coefficient (Wildman–Crippen LogP) is 24.5. The molecule has 0 aliphatic carbocycles. The van der Waals surface area contributed by atoms with Crippen LogP contribution in [-0.2, 0) is 65.4 Å². The average molecular weight is 1480 g/mol. The van der Waals surface area contributed by atoms with Gasteiger partial charge in [-0.3, -0.25) is 37.3 Å². The fourth-order valence-corrected chi connectivity index (χ4v) is 14.2. The molecule has 0 spiro atoms. The molecule has 0 aromatic rings. The Labute approximate surface area is 619 Å². The molecule has 0 aliphatic heterocycles. The minimum atomic E-state index is -4.96. The normalized spacial score (nSPS) is 14.5. The highest BCUT2D eigenvalue weighted by Gasteiger charge is 2.30. The molecule has 7 atom stereocenters. The molecule has 19 heteroatoms. The van der Waals surface area contributed by atoms with Crippen molar-refractivity contribution in [1.29, 1.82) is 0 Å². The summed E-state index contributed by atoms with van der Waals surface area (Å²) < 4.78 is 68.7. The van der Waals surface area contributed by atoms with Crippen molar-refractivity contribution in [3.05, 3.63) is 0 Å². The Hall–Kier alpha value is -1.94. The summed E-state index contributed by atoms with van der Waals surface area (Å²) in [6.07, 6.45) is 61.3. The van der Waals surface area contributed by atoms with E-state index in [-0.39, 0.29) is 25.7 Å². The highest BCUT2D eigenvalue weighted by Crippen LogP contribution is 2.45. The monoisotopic (exact) mass is 1480 g/mol. The number of carbonyl (C=O) groups is 4. The number of phosphoric acid groups is 2. The predicted molar refractivity (Wildman–Crippen MR) is 414 cm³/mol. The van der Waals surface area contributed by atoms with Crippen LogP contribution in [0.3, 0.4) is 0 Å². The summed E-state index contributed by atoms with van der Waals surface area (Å²) in [5.41, 5.74) is 0. The van der Waals surface area contributed by atoms with Gasteiger partial charge >= 0.3 is 39.5 Å². The molecule has 17 nitrogen and oxygen atoms in total. The molecule has 0 saturated carbocycles. The van der Waals surface area contributed by atoms with Gasteiger partial charge in [0.2, 0.25) is 0 Å². The van der Waals surface area contributed by atoms with Gasteiger partial charge in [0.05, 0.1) is 26.4 Å². The van der Waals surface area contributed by atoms with Gasteiger partial charge in [-0.15, -0.1) is 0 Å². The zero-order chi connectivity index (χ0) is 74.4. The molecule has 0 rings (SSSR count). The molecule has 0 aromatic heterocycles. The second-order valence-corrected chi connectivity index (χ2v) is 33.4. The van der Waals surface area contributed by atoms with Crippen molar-refractivity contribution in [3.63, 3.8) is 0 Å².